The molecule has 5 atom stereocenters. The molecule has 0 aliphatic carbocycles. The van der Waals surface area contributed by atoms with Crippen molar-refractivity contribution in [3.05, 3.63) is 33.3 Å². The molecule has 4 N–H and O–H groups in total. The molecule has 1 aliphatic rings. The molecule has 1 aliphatic heterocycles. The Labute approximate surface area is 129 Å². The first-order valence-corrected chi connectivity index (χ1v) is 6.64. The van der Waals surface area contributed by atoms with E-state index >= 15 is 0 Å². The number of hydrogen-bond donors (Lipinski definition) is 4. The van der Waals surface area contributed by atoms with Crippen molar-refractivity contribution in [3.63, 3.8) is 0 Å². The van der Waals surface area contributed by atoms with Gasteiger partial charge in [-0.25, -0.2) is 0 Å². The van der Waals surface area contributed by atoms with Crippen LogP contribution in [0.1, 0.15) is 0 Å². The number of hydrogen-bond acceptors (Lipinski definition) is 8. The van der Waals surface area contributed by atoms with Crippen molar-refractivity contribution in [2.75, 3.05) is 6.61 Å². The van der Waals surface area contributed by atoms with Gasteiger partial charge in [0.2, 0.25) is 6.29 Å². The smallest absolute Gasteiger partial charge is 0.291 e. The van der Waals surface area contributed by atoms with Crippen LogP contribution in [-0.2, 0) is 4.74 Å². The van der Waals surface area contributed by atoms with Gasteiger partial charge < -0.3 is 29.9 Å². The zero-order chi connectivity index (χ0) is 16.4. The van der Waals surface area contributed by atoms with Gasteiger partial charge in [0.05, 0.1) is 11.5 Å². The summed E-state index contributed by atoms with van der Waals surface area (Å²) in [7, 11) is 0. The van der Waals surface area contributed by atoms with Gasteiger partial charge in [0.25, 0.3) is 5.69 Å². The van der Waals surface area contributed by atoms with Gasteiger partial charge in [-0.2, -0.15) is 0 Å². The van der Waals surface area contributed by atoms with E-state index in [2.05, 4.69) is 0 Å². The Morgan fingerprint density at radius 3 is 2.55 bits per heavy atom. The number of nitrogens with zero attached hydrogens (tertiary/aromatic N) is 1. The zero-order valence-corrected chi connectivity index (χ0v) is 11.8. The summed E-state index contributed by atoms with van der Waals surface area (Å²) >= 11 is 5.84. The number of benzene rings is 1. The summed E-state index contributed by atoms with van der Waals surface area (Å²) in [5, 5.41) is 48.7. The molecule has 9 nitrogen and oxygen atoms in total. The topological polar surface area (TPSA) is 143 Å². The average Bonchev–Trinajstić information content (AvgIpc) is 2.49. The number of nitro groups is 1. The predicted molar refractivity (Wildman–Crippen MR) is 72.5 cm³/mol. The fourth-order valence-corrected chi connectivity index (χ4v) is 2.26. The molecule has 1 aromatic rings. The lowest BCUT2D eigenvalue weighted by atomic mass is 9.99. The van der Waals surface area contributed by atoms with E-state index < -0.39 is 47.9 Å². The van der Waals surface area contributed by atoms with Gasteiger partial charge in [0.1, 0.15) is 30.2 Å². The Balaban J connectivity index is 2.23. The van der Waals surface area contributed by atoms with Crippen LogP contribution in [0.3, 0.4) is 0 Å². The van der Waals surface area contributed by atoms with Gasteiger partial charge in [-0.05, 0) is 6.07 Å². The molecule has 0 saturated carbocycles. The first-order valence-electron chi connectivity index (χ1n) is 6.27. The van der Waals surface area contributed by atoms with Gasteiger partial charge in [0, 0.05) is 6.07 Å². The maximum absolute atomic E-state index is 10.8. The molecule has 0 spiro atoms. The second-order valence-corrected chi connectivity index (χ2v) is 5.04. The quantitative estimate of drug-likeness (QED) is 0.423. The maximum atomic E-state index is 10.8. The van der Waals surface area contributed by atoms with Crippen LogP contribution in [0.25, 0.3) is 0 Å². The van der Waals surface area contributed by atoms with Gasteiger partial charge in [0.15, 0.2) is 5.02 Å². The third-order valence-corrected chi connectivity index (χ3v) is 3.61. The highest BCUT2D eigenvalue weighted by atomic mass is 35.5. The monoisotopic (exact) mass is 335 g/mol. The van der Waals surface area contributed by atoms with E-state index in [9.17, 15) is 25.4 Å². The van der Waals surface area contributed by atoms with Crippen molar-refractivity contribution in [2.45, 2.75) is 30.7 Å². The van der Waals surface area contributed by atoms with Crippen molar-refractivity contribution in [3.8, 4) is 5.75 Å². The standard InChI is InChI=1S/C12H14ClNO8/c13-8-5(14(19)20)2-1-3-6(8)21-12-11(18)10(17)9(16)7(4-15)22-12/h1-3,7,9-12,15-18H,4H2/t7-,9+,10+,11-,12-/m1/s1. The lowest BCUT2D eigenvalue weighted by molar-refractivity contribution is -0.384. The number of rotatable bonds is 4. The average molecular weight is 336 g/mol. The lowest BCUT2D eigenvalue weighted by Crippen LogP contribution is -2.60. The highest BCUT2D eigenvalue weighted by Crippen LogP contribution is 2.35. The van der Waals surface area contributed by atoms with Crippen molar-refractivity contribution >= 4 is 17.3 Å². The molecular formula is C12H14ClNO8. The Morgan fingerprint density at radius 1 is 1.27 bits per heavy atom. The third-order valence-electron chi connectivity index (χ3n) is 3.23. The summed E-state index contributed by atoms with van der Waals surface area (Å²) in [6.07, 6.45) is -7.39. The normalized spacial score (nSPS) is 31.8. The minimum Gasteiger partial charge on any atom is -0.460 e. The molecule has 1 fully saturated rings. The molecule has 2 rings (SSSR count). The molecule has 0 bridgehead atoms. The van der Waals surface area contributed by atoms with Gasteiger partial charge >= 0.3 is 0 Å². The fraction of sp³-hybridized carbons (Fsp3) is 0.500. The van der Waals surface area contributed by atoms with Gasteiger partial charge in [-0.1, -0.05) is 17.7 Å². The molecule has 122 valence electrons. The van der Waals surface area contributed by atoms with Crippen LogP contribution in [0.4, 0.5) is 5.69 Å². The molecule has 0 unspecified atom stereocenters. The van der Waals surface area contributed by atoms with E-state index in [0.717, 1.165) is 0 Å². The van der Waals surface area contributed by atoms with Crippen molar-refractivity contribution < 1.29 is 34.8 Å². The predicted octanol–water partition coefficient (Wildman–Crippen LogP) is -0.573. The summed E-state index contributed by atoms with van der Waals surface area (Å²) in [5.41, 5.74) is -0.399. The molecule has 0 amide bonds. The molecule has 22 heavy (non-hydrogen) atoms. The van der Waals surface area contributed by atoms with Crippen LogP contribution >= 0.6 is 11.6 Å². The van der Waals surface area contributed by atoms with Gasteiger partial charge in [-0.15, -0.1) is 0 Å². The number of aliphatic hydroxyl groups is 4. The molecule has 1 saturated heterocycles. The molecule has 1 aromatic carbocycles. The highest BCUT2D eigenvalue weighted by Gasteiger charge is 2.45. The van der Waals surface area contributed by atoms with Crippen molar-refractivity contribution in [2.24, 2.45) is 0 Å². The van der Waals surface area contributed by atoms with Crippen LogP contribution in [0.2, 0.25) is 5.02 Å². The zero-order valence-electron chi connectivity index (χ0n) is 11.1. The Morgan fingerprint density at radius 2 is 1.95 bits per heavy atom. The summed E-state index contributed by atoms with van der Waals surface area (Å²) in [6.45, 7) is -0.618. The van der Waals surface area contributed by atoms with Crippen molar-refractivity contribution in [1.29, 1.82) is 0 Å². The summed E-state index contributed by atoms with van der Waals surface area (Å²) < 4.78 is 10.4. The first-order chi connectivity index (χ1) is 10.4. The van der Waals surface area contributed by atoms with Gasteiger partial charge in [-0.3, -0.25) is 10.1 Å². The summed E-state index contributed by atoms with van der Waals surface area (Å²) in [5.74, 6) is -0.139. The molecule has 0 aromatic heterocycles. The van der Waals surface area contributed by atoms with E-state index in [0.29, 0.717) is 0 Å². The second kappa shape index (κ2) is 6.73. The Hall–Kier alpha value is -1.49. The molecule has 10 heteroatoms. The van der Waals surface area contributed by atoms with Crippen LogP contribution in [0.5, 0.6) is 5.75 Å². The molecule has 0 radical (unpaired) electrons. The van der Waals surface area contributed by atoms with E-state index in [1.807, 2.05) is 0 Å². The molecule has 1 heterocycles. The summed E-state index contributed by atoms with van der Waals surface area (Å²) in [4.78, 5) is 10.1. The van der Waals surface area contributed by atoms with E-state index in [1.165, 1.54) is 18.2 Å². The van der Waals surface area contributed by atoms with Crippen LogP contribution < -0.4 is 4.74 Å². The maximum Gasteiger partial charge on any atom is 0.291 e. The first kappa shape index (κ1) is 16.9. The third kappa shape index (κ3) is 3.14. The van der Waals surface area contributed by atoms with E-state index in [-0.39, 0.29) is 10.8 Å². The number of nitro benzene ring substituents is 1. The largest absolute Gasteiger partial charge is 0.460 e. The lowest BCUT2D eigenvalue weighted by Gasteiger charge is -2.39. The van der Waals surface area contributed by atoms with E-state index in [1.54, 1.807) is 0 Å². The van der Waals surface area contributed by atoms with Crippen molar-refractivity contribution in [1.82, 2.24) is 0 Å². The van der Waals surface area contributed by atoms with Crippen LogP contribution in [0.15, 0.2) is 18.2 Å². The minimum atomic E-state index is -1.63. The SMILES string of the molecule is O=[N+]([O-])c1cccc(O[C@@H]2O[C@H](CO)[C@H](O)[C@H](O)[C@H]2O)c1Cl. The second-order valence-electron chi connectivity index (χ2n) is 4.66. The fourth-order valence-electron chi connectivity index (χ4n) is 2.02. The summed E-state index contributed by atoms with van der Waals surface area (Å²) in [6, 6.07) is 3.81. The Bertz CT molecular complexity index is 554. The number of ether oxygens (including phenoxy) is 2. The van der Waals surface area contributed by atoms with Crippen LogP contribution in [-0.4, -0.2) is 62.7 Å². The number of aliphatic hydroxyl groups excluding tert-OH is 4. The van der Waals surface area contributed by atoms with Crippen LogP contribution in [0, 0.1) is 10.1 Å². The minimum absolute atomic E-state index is 0.139. The molecular weight excluding hydrogens is 322 g/mol. The Kier molecular flexibility index (Phi) is 5.16. The van der Waals surface area contributed by atoms with E-state index in [4.69, 9.17) is 26.2 Å². The highest BCUT2D eigenvalue weighted by molar-refractivity contribution is 6.34. The number of halogens is 1.